The molecule has 0 saturated heterocycles. The Morgan fingerprint density at radius 3 is 2.68 bits per heavy atom. The molecule has 2 aromatic rings. The minimum atomic E-state index is 0.0466. The smallest absolute Gasteiger partial charge is 0.223 e. The molecule has 0 spiro atoms. The molecule has 98 valence electrons. The van der Waals surface area contributed by atoms with Gasteiger partial charge >= 0.3 is 0 Å². The number of hydrogen-bond acceptors (Lipinski definition) is 4. The van der Waals surface area contributed by atoms with Crippen LogP contribution in [0.3, 0.4) is 0 Å². The van der Waals surface area contributed by atoms with Gasteiger partial charge in [0.15, 0.2) is 0 Å². The van der Waals surface area contributed by atoms with Crippen molar-refractivity contribution in [3.63, 3.8) is 0 Å². The Bertz CT molecular complexity index is 583. The van der Waals surface area contributed by atoms with E-state index in [-0.39, 0.29) is 17.7 Å². The van der Waals surface area contributed by atoms with Crippen molar-refractivity contribution in [3.05, 3.63) is 47.2 Å². The van der Waals surface area contributed by atoms with Crippen LogP contribution in [-0.2, 0) is 6.42 Å². The minimum Gasteiger partial charge on any atom is -0.493 e. The summed E-state index contributed by atoms with van der Waals surface area (Å²) in [6, 6.07) is 10.3. The van der Waals surface area contributed by atoms with Crippen LogP contribution in [0.2, 0.25) is 0 Å². The van der Waals surface area contributed by atoms with Crippen LogP contribution in [0.15, 0.2) is 30.3 Å². The van der Waals surface area contributed by atoms with Crippen molar-refractivity contribution in [1.82, 2.24) is 9.97 Å². The second kappa shape index (κ2) is 4.88. The van der Waals surface area contributed by atoms with E-state index >= 15 is 0 Å². The van der Waals surface area contributed by atoms with Crippen LogP contribution in [0.4, 0.5) is 5.95 Å². The molecule has 1 aliphatic carbocycles. The van der Waals surface area contributed by atoms with Gasteiger partial charge in [-0.1, -0.05) is 36.8 Å². The van der Waals surface area contributed by atoms with Crippen molar-refractivity contribution in [2.45, 2.75) is 31.6 Å². The Hall–Kier alpha value is -2.10. The lowest BCUT2D eigenvalue weighted by Gasteiger charge is -2.17. The zero-order valence-corrected chi connectivity index (χ0v) is 10.7. The molecule has 0 fully saturated rings. The number of nitrogen functional groups attached to an aromatic ring is 1. The van der Waals surface area contributed by atoms with E-state index in [1.807, 2.05) is 18.2 Å². The van der Waals surface area contributed by atoms with Crippen molar-refractivity contribution >= 4 is 5.95 Å². The molecule has 0 radical (unpaired) electrons. The van der Waals surface area contributed by atoms with E-state index in [0.29, 0.717) is 0 Å². The standard InChI is InChI=1S/C15H17N3O/c16-15-17-13-11(10-6-2-1-3-7-10)8-4-5-9-12(13)14(19)18-15/h1-3,6-7,11H,4-5,8-9H2,(H3,16,17,18,19). The third-order valence-corrected chi connectivity index (χ3v) is 3.74. The normalized spacial score (nSPS) is 18.6. The first kappa shape index (κ1) is 12.0. The Morgan fingerprint density at radius 2 is 1.89 bits per heavy atom. The lowest BCUT2D eigenvalue weighted by atomic mass is 9.90. The van der Waals surface area contributed by atoms with Gasteiger partial charge in [0.1, 0.15) is 0 Å². The van der Waals surface area contributed by atoms with Gasteiger partial charge in [-0.15, -0.1) is 0 Å². The molecular formula is C15H17N3O. The molecule has 19 heavy (non-hydrogen) atoms. The van der Waals surface area contributed by atoms with Gasteiger partial charge in [0.2, 0.25) is 11.8 Å². The SMILES string of the molecule is Nc1nc(O)c2c(n1)C(c1ccccc1)CCCC2. The summed E-state index contributed by atoms with van der Waals surface area (Å²) < 4.78 is 0. The number of nitrogens with zero attached hydrogens (tertiary/aromatic N) is 2. The van der Waals surface area contributed by atoms with E-state index < -0.39 is 0 Å². The van der Waals surface area contributed by atoms with Gasteiger partial charge in [-0.3, -0.25) is 0 Å². The molecule has 1 heterocycles. The van der Waals surface area contributed by atoms with Gasteiger partial charge in [0.25, 0.3) is 0 Å². The van der Waals surface area contributed by atoms with Crippen LogP contribution in [0.25, 0.3) is 0 Å². The minimum absolute atomic E-state index is 0.0466. The van der Waals surface area contributed by atoms with Gasteiger partial charge in [-0.25, -0.2) is 4.98 Å². The van der Waals surface area contributed by atoms with E-state index in [2.05, 4.69) is 22.1 Å². The Kier molecular flexibility index (Phi) is 3.07. The van der Waals surface area contributed by atoms with Crippen LogP contribution in [0.1, 0.15) is 42.0 Å². The zero-order valence-electron chi connectivity index (χ0n) is 10.7. The van der Waals surface area contributed by atoms with Crippen molar-refractivity contribution in [1.29, 1.82) is 0 Å². The molecule has 0 aliphatic heterocycles. The molecular weight excluding hydrogens is 238 g/mol. The van der Waals surface area contributed by atoms with Crippen LogP contribution >= 0.6 is 0 Å². The third-order valence-electron chi connectivity index (χ3n) is 3.74. The Morgan fingerprint density at radius 1 is 1.11 bits per heavy atom. The highest BCUT2D eigenvalue weighted by molar-refractivity contribution is 5.42. The molecule has 0 bridgehead atoms. The van der Waals surface area contributed by atoms with Crippen LogP contribution in [-0.4, -0.2) is 15.1 Å². The molecule has 1 aromatic carbocycles. The van der Waals surface area contributed by atoms with Crippen LogP contribution in [0, 0.1) is 0 Å². The quantitative estimate of drug-likeness (QED) is 0.768. The zero-order chi connectivity index (χ0) is 13.2. The number of hydrogen-bond donors (Lipinski definition) is 2. The predicted octanol–water partition coefficient (Wildman–Crippen LogP) is 2.62. The van der Waals surface area contributed by atoms with Crippen LogP contribution < -0.4 is 5.73 Å². The summed E-state index contributed by atoms with van der Waals surface area (Å²) in [5.41, 5.74) is 8.68. The first-order chi connectivity index (χ1) is 9.25. The molecule has 3 N–H and O–H groups in total. The molecule has 1 aliphatic rings. The molecule has 1 unspecified atom stereocenters. The average Bonchev–Trinajstić information content (AvgIpc) is 2.62. The summed E-state index contributed by atoms with van der Waals surface area (Å²) in [5, 5.41) is 10.00. The molecule has 4 nitrogen and oxygen atoms in total. The molecule has 1 aromatic heterocycles. The first-order valence-electron chi connectivity index (χ1n) is 6.66. The highest BCUT2D eigenvalue weighted by atomic mass is 16.3. The number of nitrogens with two attached hydrogens (primary N) is 1. The predicted molar refractivity (Wildman–Crippen MR) is 73.9 cm³/mol. The molecule has 0 saturated carbocycles. The lowest BCUT2D eigenvalue weighted by molar-refractivity contribution is 0.443. The average molecular weight is 255 g/mol. The van der Waals surface area contributed by atoms with E-state index in [0.717, 1.165) is 36.9 Å². The Labute approximate surface area is 112 Å². The fraction of sp³-hybridized carbons (Fsp3) is 0.333. The lowest BCUT2D eigenvalue weighted by Crippen LogP contribution is -2.09. The van der Waals surface area contributed by atoms with Gasteiger partial charge in [0.05, 0.1) is 5.69 Å². The summed E-state index contributed by atoms with van der Waals surface area (Å²) in [6.07, 6.45) is 4.03. The Balaban J connectivity index is 2.13. The van der Waals surface area contributed by atoms with Crippen LogP contribution in [0.5, 0.6) is 5.88 Å². The monoisotopic (exact) mass is 255 g/mol. The maximum absolute atomic E-state index is 10.00. The van der Waals surface area contributed by atoms with Gasteiger partial charge in [0, 0.05) is 11.5 Å². The second-order valence-corrected chi connectivity index (χ2v) is 4.98. The summed E-state index contributed by atoms with van der Waals surface area (Å²) in [7, 11) is 0. The maximum atomic E-state index is 10.00. The summed E-state index contributed by atoms with van der Waals surface area (Å²) in [6.45, 7) is 0. The molecule has 0 amide bonds. The number of aromatic hydroxyl groups is 1. The number of fused-ring (bicyclic) bond motifs is 1. The second-order valence-electron chi connectivity index (χ2n) is 4.98. The summed E-state index contributed by atoms with van der Waals surface area (Å²) >= 11 is 0. The van der Waals surface area contributed by atoms with Crippen molar-refractivity contribution < 1.29 is 5.11 Å². The number of rotatable bonds is 1. The highest BCUT2D eigenvalue weighted by Crippen LogP contribution is 2.37. The van der Waals surface area contributed by atoms with E-state index in [1.54, 1.807) is 0 Å². The topological polar surface area (TPSA) is 72.0 Å². The number of benzene rings is 1. The molecule has 1 atom stereocenters. The van der Waals surface area contributed by atoms with Gasteiger partial charge < -0.3 is 10.8 Å². The van der Waals surface area contributed by atoms with E-state index in [9.17, 15) is 5.11 Å². The molecule has 3 rings (SSSR count). The van der Waals surface area contributed by atoms with Gasteiger partial charge in [-0.05, 0) is 24.8 Å². The summed E-state index contributed by atoms with van der Waals surface area (Å²) in [5.74, 6) is 0.402. The molecule has 4 heteroatoms. The number of aromatic nitrogens is 2. The van der Waals surface area contributed by atoms with E-state index in [1.165, 1.54) is 5.56 Å². The first-order valence-corrected chi connectivity index (χ1v) is 6.66. The third kappa shape index (κ3) is 2.26. The summed E-state index contributed by atoms with van der Waals surface area (Å²) in [4.78, 5) is 8.28. The maximum Gasteiger partial charge on any atom is 0.223 e. The highest BCUT2D eigenvalue weighted by Gasteiger charge is 2.25. The fourth-order valence-electron chi connectivity index (χ4n) is 2.83. The largest absolute Gasteiger partial charge is 0.493 e. The number of anilines is 1. The van der Waals surface area contributed by atoms with E-state index in [4.69, 9.17) is 5.73 Å². The van der Waals surface area contributed by atoms with Crippen molar-refractivity contribution in [3.8, 4) is 5.88 Å². The van der Waals surface area contributed by atoms with Crippen molar-refractivity contribution in [2.24, 2.45) is 0 Å². The van der Waals surface area contributed by atoms with Gasteiger partial charge in [-0.2, -0.15) is 4.98 Å². The fourth-order valence-corrected chi connectivity index (χ4v) is 2.83. The van der Waals surface area contributed by atoms with Crippen molar-refractivity contribution in [2.75, 3.05) is 5.73 Å².